The van der Waals surface area contributed by atoms with Crippen molar-refractivity contribution in [3.8, 4) is 0 Å². The Bertz CT molecular complexity index is 668. The Morgan fingerprint density at radius 1 is 1.28 bits per heavy atom. The summed E-state index contributed by atoms with van der Waals surface area (Å²) in [5.74, 6) is 0.602. The molecule has 1 aliphatic carbocycles. The molecule has 1 fully saturated rings. The number of aryl methyl sites for hydroxylation is 1. The van der Waals surface area contributed by atoms with Crippen molar-refractivity contribution in [2.75, 3.05) is 22.9 Å². The number of hydrogen-bond acceptors (Lipinski definition) is 4. The fraction of sp³-hybridized carbons (Fsp3) is 0.611. The third-order valence-corrected chi connectivity index (χ3v) is 7.06. The number of amides is 1. The molecule has 1 aromatic carbocycles. The van der Waals surface area contributed by atoms with E-state index >= 15 is 0 Å². The van der Waals surface area contributed by atoms with Crippen LogP contribution in [-0.2, 0) is 14.8 Å². The molecule has 0 bridgehead atoms. The van der Waals surface area contributed by atoms with Crippen LogP contribution < -0.4 is 9.62 Å². The maximum atomic E-state index is 12.4. The maximum absolute atomic E-state index is 12.4. The Hall–Kier alpha value is -1.21. The zero-order valence-corrected chi connectivity index (χ0v) is 16.8. The minimum atomic E-state index is -3.55. The monoisotopic (exact) mass is 384 g/mol. The molecule has 1 saturated carbocycles. The van der Waals surface area contributed by atoms with Crippen molar-refractivity contribution in [3.05, 3.63) is 29.8 Å². The Kier molecular flexibility index (Phi) is 7.19. The largest absolute Gasteiger partial charge is 0.353 e. The Balaban J connectivity index is 1.94. The number of anilines is 1. The van der Waals surface area contributed by atoms with E-state index in [4.69, 9.17) is 0 Å². The highest BCUT2D eigenvalue weighted by molar-refractivity contribution is 7.99. The molecule has 0 radical (unpaired) electrons. The third-order valence-electron chi connectivity index (χ3n) is 4.43. The van der Waals surface area contributed by atoms with Gasteiger partial charge in [-0.15, -0.1) is 0 Å². The first-order valence-corrected chi connectivity index (χ1v) is 11.6. The van der Waals surface area contributed by atoms with E-state index < -0.39 is 16.1 Å². The van der Waals surface area contributed by atoms with E-state index in [-0.39, 0.29) is 5.91 Å². The Morgan fingerprint density at radius 3 is 2.44 bits per heavy atom. The van der Waals surface area contributed by atoms with Crippen LogP contribution in [0.5, 0.6) is 0 Å². The van der Waals surface area contributed by atoms with Gasteiger partial charge in [-0.25, -0.2) is 8.42 Å². The molecule has 0 heterocycles. The summed E-state index contributed by atoms with van der Waals surface area (Å²) in [5.41, 5.74) is 1.55. The van der Waals surface area contributed by atoms with Crippen LogP contribution in [0.4, 0.5) is 5.69 Å². The Labute approximate surface area is 155 Å². The van der Waals surface area contributed by atoms with Crippen molar-refractivity contribution in [1.82, 2.24) is 5.32 Å². The second kappa shape index (κ2) is 8.94. The molecule has 7 heteroatoms. The van der Waals surface area contributed by atoms with Gasteiger partial charge in [0.1, 0.15) is 6.04 Å². The predicted octanol–water partition coefficient (Wildman–Crippen LogP) is 2.94. The van der Waals surface area contributed by atoms with Gasteiger partial charge >= 0.3 is 0 Å². The summed E-state index contributed by atoms with van der Waals surface area (Å²) in [6.45, 7) is 4.13. The summed E-state index contributed by atoms with van der Waals surface area (Å²) in [6, 6.07) is 6.37. The lowest BCUT2D eigenvalue weighted by Gasteiger charge is -2.28. The number of nitrogens with one attached hydrogen (secondary N) is 1. The lowest BCUT2D eigenvalue weighted by molar-refractivity contribution is -0.121. The molecule has 1 atom stereocenters. The highest BCUT2D eigenvalue weighted by Crippen LogP contribution is 2.29. The van der Waals surface area contributed by atoms with E-state index in [2.05, 4.69) is 5.32 Å². The average molecular weight is 385 g/mol. The van der Waals surface area contributed by atoms with Crippen LogP contribution in [0.3, 0.4) is 0 Å². The van der Waals surface area contributed by atoms with Crippen molar-refractivity contribution in [3.63, 3.8) is 0 Å². The van der Waals surface area contributed by atoms with Gasteiger partial charge in [-0.05, 0) is 38.8 Å². The molecule has 1 amide bonds. The smallest absolute Gasteiger partial charge is 0.243 e. The summed E-state index contributed by atoms with van der Waals surface area (Å²) < 4.78 is 25.6. The normalized spacial score (nSPS) is 16.6. The van der Waals surface area contributed by atoms with Crippen LogP contribution in [0.1, 0.15) is 38.2 Å². The maximum Gasteiger partial charge on any atom is 0.243 e. The van der Waals surface area contributed by atoms with Gasteiger partial charge in [0.05, 0.1) is 11.9 Å². The van der Waals surface area contributed by atoms with E-state index in [9.17, 15) is 13.2 Å². The standard InChI is InChI=1S/C18H28N2O3S2/c1-14-8-10-16(11-9-14)20(25(3,22)23)15(2)18(21)19-12-13-24-17-6-4-5-7-17/h8-11,15,17H,4-7,12-13H2,1-3H3,(H,19,21)/t15-/m0/s1. The number of carbonyl (C=O) groups excluding carboxylic acids is 1. The van der Waals surface area contributed by atoms with Gasteiger partial charge in [-0.2, -0.15) is 11.8 Å². The molecule has 0 spiro atoms. The van der Waals surface area contributed by atoms with E-state index in [1.165, 1.54) is 30.0 Å². The van der Waals surface area contributed by atoms with Crippen LogP contribution in [-0.4, -0.2) is 44.2 Å². The van der Waals surface area contributed by atoms with Crippen LogP contribution in [0, 0.1) is 6.92 Å². The molecule has 140 valence electrons. The third kappa shape index (κ3) is 5.92. The lowest BCUT2D eigenvalue weighted by Crippen LogP contribution is -2.48. The predicted molar refractivity (Wildman–Crippen MR) is 106 cm³/mol. The van der Waals surface area contributed by atoms with Crippen molar-refractivity contribution >= 4 is 33.4 Å². The summed E-state index contributed by atoms with van der Waals surface area (Å²) in [4.78, 5) is 12.4. The van der Waals surface area contributed by atoms with Crippen molar-refractivity contribution in [1.29, 1.82) is 0 Å². The first-order chi connectivity index (χ1) is 11.8. The SMILES string of the molecule is Cc1ccc(N([C@@H](C)C(=O)NCCSC2CCCC2)S(C)(=O)=O)cc1. The average Bonchev–Trinajstić information content (AvgIpc) is 3.05. The number of carbonyl (C=O) groups is 1. The van der Waals surface area contributed by atoms with Crippen LogP contribution in [0.25, 0.3) is 0 Å². The molecule has 0 aliphatic heterocycles. The second-order valence-electron chi connectivity index (χ2n) is 6.64. The van der Waals surface area contributed by atoms with Crippen molar-refractivity contribution < 1.29 is 13.2 Å². The van der Waals surface area contributed by atoms with Gasteiger partial charge in [0, 0.05) is 17.5 Å². The molecule has 1 aliphatic rings. The van der Waals surface area contributed by atoms with Gasteiger partial charge in [0.25, 0.3) is 0 Å². The number of nitrogens with zero attached hydrogens (tertiary/aromatic N) is 1. The number of benzene rings is 1. The van der Waals surface area contributed by atoms with Gasteiger partial charge in [-0.1, -0.05) is 30.5 Å². The molecule has 25 heavy (non-hydrogen) atoms. The second-order valence-corrected chi connectivity index (χ2v) is 9.91. The molecule has 0 aromatic heterocycles. The van der Waals surface area contributed by atoms with E-state index in [0.717, 1.165) is 22.8 Å². The van der Waals surface area contributed by atoms with Crippen molar-refractivity contribution in [2.24, 2.45) is 0 Å². The topological polar surface area (TPSA) is 66.5 Å². The number of sulfonamides is 1. The highest BCUT2D eigenvalue weighted by Gasteiger charge is 2.28. The first-order valence-electron chi connectivity index (χ1n) is 8.74. The molecular formula is C18H28N2O3S2. The minimum Gasteiger partial charge on any atom is -0.353 e. The fourth-order valence-corrected chi connectivity index (χ4v) is 5.50. The summed E-state index contributed by atoms with van der Waals surface area (Å²) in [6.07, 6.45) is 6.28. The van der Waals surface area contributed by atoms with Crippen LogP contribution >= 0.6 is 11.8 Å². The summed E-state index contributed by atoms with van der Waals surface area (Å²) >= 11 is 1.90. The fourth-order valence-electron chi connectivity index (χ4n) is 3.10. The van der Waals surface area contributed by atoms with E-state index in [1.54, 1.807) is 19.1 Å². The number of rotatable bonds is 8. The van der Waals surface area contributed by atoms with E-state index in [1.807, 2.05) is 30.8 Å². The first kappa shape index (κ1) is 20.1. The van der Waals surface area contributed by atoms with Gasteiger partial charge < -0.3 is 5.32 Å². The number of thioether (sulfide) groups is 1. The van der Waals surface area contributed by atoms with Crippen LogP contribution in [0.2, 0.25) is 0 Å². The molecule has 1 aromatic rings. The van der Waals surface area contributed by atoms with Crippen LogP contribution in [0.15, 0.2) is 24.3 Å². The molecule has 0 unspecified atom stereocenters. The molecular weight excluding hydrogens is 356 g/mol. The van der Waals surface area contributed by atoms with Gasteiger partial charge in [-0.3, -0.25) is 9.10 Å². The van der Waals surface area contributed by atoms with Gasteiger partial charge in [0.15, 0.2) is 0 Å². The highest BCUT2D eigenvalue weighted by atomic mass is 32.2. The van der Waals surface area contributed by atoms with Gasteiger partial charge in [0.2, 0.25) is 15.9 Å². The minimum absolute atomic E-state index is 0.266. The Morgan fingerprint density at radius 2 is 1.88 bits per heavy atom. The quantitative estimate of drug-likeness (QED) is 0.700. The summed E-state index contributed by atoms with van der Waals surface area (Å²) in [7, 11) is -3.55. The summed E-state index contributed by atoms with van der Waals surface area (Å²) in [5, 5.41) is 3.59. The zero-order valence-electron chi connectivity index (χ0n) is 15.2. The zero-order chi connectivity index (χ0) is 18.4. The molecule has 2 rings (SSSR count). The lowest BCUT2D eigenvalue weighted by atomic mass is 10.2. The molecule has 0 saturated heterocycles. The molecule has 1 N–H and O–H groups in total. The van der Waals surface area contributed by atoms with E-state index in [0.29, 0.717) is 12.2 Å². The number of hydrogen-bond donors (Lipinski definition) is 1. The van der Waals surface area contributed by atoms with Crippen molar-refractivity contribution in [2.45, 2.75) is 50.8 Å². The molecule has 5 nitrogen and oxygen atoms in total.